The number of ether oxygens (including phenoxy) is 2. The fraction of sp³-hybridized carbons (Fsp3) is 0.897. The first-order valence-corrected chi connectivity index (χ1v) is 18.1. The van der Waals surface area contributed by atoms with Gasteiger partial charge in [0.15, 0.2) is 8.32 Å². The zero-order valence-corrected chi connectivity index (χ0v) is 31.5. The monoisotopic (exact) mass is 616 g/mol. The van der Waals surface area contributed by atoms with Gasteiger partial charge in [0.25, 0.3) is 0 Å². The minimum atomic E-state index is -1.23. The molecule has 0 bridgehead atoms. The SMILES string of the molecule is CC(C)(C)OC(=O)N1CCN(C2CC2)CC1.CC(C)(C)OC(=O)N1CCNCC1.CC1(O[Si](C)(C)C)CC1.[B].[C-]#N.[Na+]. The standard InChI is InChI=1S/C12H22N2O2.C9H18N2O2.C7H16OSi.CN.B.Na/c1-12(2,3)16-11(15)14-8-6-13(7-9-14)10-4-5-10;1-9(2,3)13-8(12)11-6-4-10-5-7-11;1-7(5-6-7)8-9(2,3)4;1-2;;/h10H,4-9H2,1-3H3;10H,4-7H2,1-3H3;5-6H2,1-4H3;;;/q;;;-1;;+1. The molecule has 2 saturated heterocycles. The maximum absolute atomic E-state index is 11.8. The average Bonchev–Trinajstić information content (AvgIpc) is 3.77. The maximum Gasteiger partial charge on any atom is 1.00 e. The Morgan fingerprint density at radius 1 is 0.810 bits per heavy atom. The molecule has 1 N–H and O–H groups in total. The van der Waals surface area contributed by atoms with Gasteiger partial charge in [0.05, 0.1) is 5.60 Å². The van der Waals surface area contributed by atoms with Gasteiger partial charge in [0.1, 0.15) is 11.2 Å². The van der Waals surface area contributed by atoms with Crippen LogP contribution in [0.5, 0.6) is 0 Å². The van der Waals surface area contributed by atoms with Crippen LogP contribution in [-0.2, 0) is 13.9 Å². The maximum atomic E-state index is 11.8. The quantitative estimate of drug-likeness (QED) is 0.377. The molecule has 4 rings (SSSR count). The summed E-state index contributed by atoms with van der Waals surface area (Å²) in [6.07, 6.45) is 4.87. The predicted octanol–water partition coefficient (Wildman–Crippen LogP) is 1.64. The van der Waals surface area contributed by atoms with Gasteiger partial charge in [-0.1, -0.05) is 0 Å². The number of carbonyl (C=O) groups is 2. The molecule has 2 saturated carbocycles. The molecule has 2 aliphatic heterocycles. The zero-order valence-electron chi connectivity index (χ0n) is 28.5. The number of nitrogens with zero attached hydrogens (tertiary/aromatic N) is 4. The van der Waals surface area contributed by atoms with Crippen molar-refractivity contribution in [3.8, 4) is 0 Å². The van der Waals surface area contributed by atoms with Gasteiger partial charge < -0.3 is 40.9 Å². The van der Waals surface area contributed by atoms with Crippen molar-refractivity contribution in [2.75, 3.05) is 52.4 Å². The normalized spacial score (nSPS) is 19.8. The van der Waals surface area contributed by atoms with Crippen molar-refractivity contribution in [2.45, 2.75) is 117 Å². The summed E-state index contributed by atoms with van der Waals surface area (Å²) in [6, 6.07) is 0.806. The summed E-state index contributed by atoms with van der Waals surface area (Å²) in [6.45, 7) is 31.9. The Kier molecular flexibility index (Phi) is 19.5. The molecule has 235 valence electrons. The van der Waals surface area contributed by atoms with Gasteiger partial charge in [-0.3, -0.25) is 4.90 Å². The molecule has 3 radical (unpaired) electrons. The summed E-state index contributed by atoms with van der Waals surface area (Å²) in [5.41, 5.74) is -0.475. The molecule has 4 fully saturated rings. The van der Waals surface area contributed by atoms with E-state index in [-0.39, 0.29) is 61.4 Å². The Bertz CT molecular complexity index is 807. The van der Waals surface area contributed by atoms with E-state index in [1.165, 1.54) is 25.7 Å². The van der Waals surface area contributed by atoms with E-state index < -0.39 is 8.32 Å². The number of hydrogen-bond acceptors (Lipinski definition) is 8. The van der Waals surface area contributed by atoms with Crippen LogP contribution < -0.4 is 34.9 Å². The second-order valence-corrected chi connectivity index (χ2v) is 18.5. The predicted molar refractivity (Wildman–Crippen MR) is 166 cm³/mol. The van der Waals surface area contributed by atoms with Gasteiger partial charge in [0.2, 0.25) is 0 Å². The number of piperazine rings is 2. The Morgan fingerprint density at radius 3 is 1.48 bits per heavy atom. The van der Waals surface area contributed by atoms with Gasteiger partial charge in [-0.2, -0.15) is 0 Å². The minimum Gasteiger partial charge on any atom is -0.512 e. The molecule has 10 nitrogen and oxygen atoms in total. The second-order valence-electron chi connectivity index (χ2n) is 14.1. The van der Waals surface area contributed by atoms with Gasteiger partial charge in [-0.15, -0.1) is 0 Å². The minimum absolute atomic E-state index is 0. The van der Waals surface area contributed by atoms with E-state index in [0.29, 0.717) is 5.60 Å². The van der Waals surface area contributed by atoms with Crippen LogP contribution in [0, 0.1) is 11.8 Å². The molecule has 42 heavy (non-hydrogen) atoms. The Balaban J connectivity index is 0. The molecule has 2 heterocycles. The van der Waals surface area contributed by atoms with Crippen LogP contribution >= 0.6 is 0 Å². The first kappa shape index (κ1) is 43.3. The summed E-state index contributed by atoms with van der Waals surface area (Å²) in [5.74, 6) is 0. The van der Waals surface area contributed by atoms with E-state index in [9.17, 15) is 9.59 Å². The fourth-order valence-electron chi connectivity index (χ4n) is 4.23. The molecule has 0 aromatic rings. The van der Waals surface area contributed by atoms with E-state index in [1.54, 1.807) is 4.90 Å². The number of amides is 2. The summed E-state index contributed by atoms with van der Waals surface area (Å²) < 4.78 is 16.5. The van der Waals surface area contributed by atoms with Crippen LogP contribution in [-0.4, -0.2) is 119 Å². The molecule has 0 atom stereocenters. The van der Waals surface area contributed by atoms with Gasteiger partial charge in [-0.25, -0.2) is 9.59 Å². The van der Waals surface area contributed by atoms with E-state index in [0.717, 1.165) is 58.4 Å². The van der Waals surface area contributed by atoms with Crippen LogP contribution in [0.15, 0.2) is 0 Å². The van der Waals surface area contributed by atoms with Crippen LogP contribution in [0.25, 0.3) is 0 Å². The van der Waals surface area contributed by atoms with E-state index in [4.69, 9.17) is 25.7 Å². The van der Waals surface area contributed by atoms with E-state index in [1.807, 2.05) is 46.4 Å². The first-order valence-electron chi connectivity index (χ1n) is 14.7. The Morgan fingerprint density at radius 2 is 1.19 bits per heavy atom. The first-order chi connectivity index (χ1) is 18.4. The van der Waals surface area contributed by atoms with E-state index >= 15 is 0 Å². The second kappa shape index (κ2) is 18.9. The van der Waals surface area contributed by atoms with Crippen molar-refractivity contribution >= 4 is 28.9 Å². The third kappa shape index (κ3) is 20.2. The third-order valence-corrected chi connectivity index (χ3v) is 7.41. The molecule has 0 spiro atoms. The van der Waals surface area contributed by atoms with Gasteiger partial charge in [0, 0.05) is 66.8 Å². The summed E-state index contributed by atoms with van der Waals surface area (Å²) in [7, 11) is -1.23. The van der Waals surface area contributed by atoms with Crippen LogP contribution in [0.3, 0.4) is 0 Å². The fourth-order valence-corrected chi connectivity index (χ4v) is 5.91. The largest absolute Gasteiger partial charge is 1.00 e. The van der Waals surface area contributed by atoms with Crippen LogP contribution in [0.1, 0.15) is 74.1 Å². The van der Waals surface area contributed by atoms with Crippen LogP contribution in [0.2, 0.25) is 19.6 Å². The number of hydrogen-bond donors (Lipinski definition) is 1. The summed E-state index contributed by atoms with van der Waals surface area (Å²) in [4.78, 5) is 29.3. The zero-order chi connectivity index (χ0) is 30.8. The van der Waals surface area contributed by atoms with Crippen molar-refractivity contribution in [1.29, 1.82) is 5.26 Å². The molecule has 4 aliphatic rings. The Hall–Kier alpha value is -0.808. The molecule has 13 heteroatoms. The topological polar surface area (TPSA) is 107 Å². The van der Waals surface area contributed by atoms with Gasteiger partial charge >= 0.3 is 41.7 Å². The van der Waals surface area contributed by atoms with Crippen molar-refractivity contribution in [3.05, 3.63) is 6.57 Å². The molecule has 0 aromatic carbocycles. The number of nitrogens with one attached hydrogen (secondary N) is 1. The Labute approximate surface area is 281 Å². The molecule has 2 aliphatic carbocycles. The van der Waals surface area contributed by atoms with E-state index in [2.05, 4.69) is 36.8 Å². The van der Waals surface area contributed by atoms with Gasteiger partial charge in [-0.05, 0) is 93.8 Å². The van der Waals surface area contributed by atoms with Crippen molar-refractivity contribution in [3.63, 3.8) is 0 Å². The summed E-state index contributed by atoms with van der Waals surface area (Å²) >= 11 is 0. The molecule has 0 aromatic heterocycles. The summed E-state index contributed by atoms with van der Waals surface area (Å²) in [5, 5.41) is 9.43. The van der Waals surface area contributed by atoms with Crippen molar-refractivity contribution < 1.29 is 53.0 Å². The number of rotatable bonds is 3. The number of carbonyl (C=O) groups excluding carboxylic acids is 2. The van der Waals surface area contributed by atoms with Crippen molar-refractivity contribution in [1.82, 2.24) is 20.0 Å². The smallest absolute Gasteiger partial charge is 0.512 e. The van der Waals surface area contributed by atoms with Crippen LogP contribution in [0.4, 0.5) is 9.59 Å². The molecular formula is C29H56BN5NaO5Si. The molecular weight excluding hydrogens is 560 g/mol. The molecule has 2 amide bonds. The third-order valence-electron chi connectivity index (χ3n) is 6.30. The van der Waals surface area contributed by atoms with Crippen molar-refractivity contribution in [2.24, 2.45) is 0 Å². The average molecular weight is 617 g/mol. The molecule has 0 unspecified atom stereocenters.